The van der Waals surface area contributed by atoms with Crippen molar-refractivity contribution in [3.63, 3.8) is 0 Å². The molecule has 1 aliphatic rings. The van der Waals surface area contributed by atoms with Gasteiger partial charge in [0.2, 0.25) is 5.91 Å². The van der Waals surface area contributed by atoms with Gasteiger partial charge in [0.05, 0.1) is 25.7 Å². The fraction of sp³-hybridized carbons (Fsp3) is 0.588. The van der Waals surface area contributed by atoms with Gasteiger partial charge in [-0.3, -0.25) is 4.79 Å². The van der Waals surface area contributed by atoms with Crippen LogP contribution in [0.5, 0.6) is 11.5 Å². The van der Waals surface area contributed by atoms with Crippen LogP contribution in [0.1, 0.15) is 31.4 Å². The summed E-state index contributed by atoms with van der Waals surface area (Å²) in [4.78, 5) is 12.8. The van der Waals surface area contributed by atoms with Gasteiger partial charge in [0.25, 0.3) is 0 Å². The minimum absolute atomic E-state index is 0.0272. The summed E-state index contributed by atoms with van der Waals surface area (Å²) in [6.07, 6.45) is 1.30. The van der Waals surface area contributed by atoms with E-state index < -0.39 is 5.41 Å². The first-order valence-electron chi connectivity index (χ1n) is 7.87. The number of benzene rings is 1. The average Bonchev–Trinajstić information content (AvgIpc) is 2.61. The second kappa shape index (κ2) is 7.66. The van der Waals surface area contributed by atoms with E-state index in [-0.39, 0.29) is 11.9 Å². The van der Waals surface area contributed by atoms with Crippen molar-refractivity contribution in [2.45, 2.75) is 25.8 Å². The molecule has 6 heteroatoms. The quantitative estimate of drug-likeness (QED) is 0.832. The summed E-state index contributed by atoms with van der Waals surface area (Å²) >= 11 is 0. The van der Waals surface area contributed by atoms with Gasteiger partial charge in [0.15, 0.2) is 0 Å². The number of nitrogens with two attached hydrogens (primary N) is 1. The van der Waals surface area contributed by atoms with Crippen molar-refractivity contribution >= 4 is 5.91 Å². The second-order valence-corrected chi connectivity index (χ2v) is 5.90. The lowest BCUT2D eigenvalue weighted by molar-refractivity contribution is -0.136. The van der Waals surface area contributed by atoms with Crippen LogP contribution in [0.15, 0.2) is 18.2 Å². The number of amides is 1. The third-order valence-electron chi connectivity index (χ3n) is 4.57. The highest BCUT2D eigenvalue weighted by Gasteiger charge is 2.39. The number of hydrogen-bond acceptors (Lipinski definition) is 5. The zero-order chi connectivity index (χ0) is 16.9. The molecule has 1 atom stereocenters. The van der Waals surface area contributed by atoms with Crippen LogP contribution in [-0.4, -0.2) is 39.9 Å². The average molecular weight is 322 g/mol. The number of methoxy groups -OCH3 is 2. The molecule has 1 heterocycles. The Hall–Kier alpha value is -1.79. The molecule has 0 saturated carbocycles. The topological polar surface area (TPSA) is 82.8 Å². The molecule has 1 amide bonds. The zero-order valence-corrected chi connectivity index (χ0v) is 14.1. The van der Waals surface area contributed by atoms with E-state index in [0.29, 0.717) is 38.3 Å². The second-order valence-electron chi connectivity index (χ2n) is 5.90. The third kappa shape index (κ3) is 3.76. The largest absolute Gasteiger partial charge is 0.497 e. The molecule has 1 aromatic carbocycles. The predicted octanol–water partition coefficient (Wildman–Crippen LogP) is 1.64. The third-order valence-corrected chi connectivity index (χ3v) is 4.57. The van der Waals surface area contributed by atoms with Gasteiger partial charge in [-0.15, -0.1) is 0 Å². The van der Waals surface area contributed by atoms with Crippen LogP contribution in [0.2, 0.25) is 0 Å². The maximum atomic E-state index is 12.8. The molecule has 0 aromatic heterocycles. The predicted molar refractivity (Wildman–Crippen MR) is 87.6 cm³/mol. The van der Waals surface area contributed by atoms with Crippen molar-refractivity contribution in [1.29, 1.82) is 0 Å². The first-order valence-corrected chi connectivity index (χ1v) is 7.87. The number of ether oxygens (including phenoxy) is 3. The summed E-state index contributed by atoms with van der Waals surface area (Å²) in [6.45, 7) is 3.39. The summed E-state index contributed by atoms with van der Waals surface area (Å²) in [5, 5.41) is 3.07. The Morgan fingerprint density at radius 1 is 1.35 bits per heavy atom. The number of carbonyl (C=O) groups is 1. The molecule has 6 nitrogen and oxygen atoms in total. The SMILES string of the molecule is COc1ccc(OC)c(C(C)NC(=O)C2(CN)CCOCC2)c1. The van der Waals surface area contributed by atoms with Gasteiger partial charge in [-0.1, -0.05) is 0 Å². The van der Waals surface area contributed by atoms with Gasteiger partial charge in [-0.2, -0.15) is 0 Å². The first-order chi connectivity index (χ1) is 11.1. The van der Waals surface area contributed by atoms with Gasteiger partial charge >= 0.3 is 0 Å². The summed E-state index contributed by atoms with van der Waals surface area (Å²) in [5.41, 5.74) is 6.23. The van der Waals surface area contributed by atoms with E-state index in [2.05, 4.69) is 5.32 Å². The molecule has 0 bridgehead atoms. The van der Waals surface area contributed by atoms with E-state index in [4.69, 9.17) is 19.9 Å². The standard InChI is InChI=1S/C17H26N2O4/c1-12(14-10-13(21-2)4-5-15(14)22-3)19-16(20)17(11-18)6-8-23-9-7-17/h4-5,10,12H,6-9,11,18H2,1-3H3,(H,19,20). The molecule has 1 saturated heterocycles. The van der Waals surface area contributed by atoms with Crippen molar-refractivity contribution < 1.29 is 19.0 Å². The molecule has 0 radical (unpaired) electrons. The van der Waals surface area contributed by atoms with Crippen molar-refractivity contribution in [3.05, 3.63) is 23.8 Å². The van der Waals surface area contributed by atoms with Crippen LogP contribution in [0.3, 0.4) is 0 Å². The fourth-order valence-electron chi connectivity index (χ4n) is 2.89. The highest BCUT2D eigenvalue weighted by Crippen LogP contribution is 2.33. The fourth-order valence-corrected chi connectivity index (χ4v) is 2.89. The molecule has 128 valence electrons. The number of hydrogen-bond donors (Lipinski definition) is 2. The Kier molecular flexibility index (Phi) is 5.85. The Morgan fingerprint density at radius 2 is 2.04 bits per heavy atom. The molecule has 1 aromatic rings. The molecule has 1 aliphatic heterocycles. The number of carbonyl (C=O) groups excluding carboxylic acids is 1. The van der Waals surface area contributed by atoms with E-state index in [9.17, 15) is 4.79 Å². The molecule has 1 unspecified atom stereocenters. The molecular weight excluding hydrogens is 296 g/mol. The monoisotopic (exact) mass is 322 g/mol. The lowest BCUT2D eigenvalue weighted by Crippen LogP contribution is -2.49. The van der Waals surface area contributed by atoms with Crippen molar-refractivity contribution in [3.8, 4) is 11.5 Å². The lowest BCUT2D eigenvalue weighted by atomic mass is 9.79. The highest BCUT2D eigenvalue weighted by molar-refractivity contribution is 5.83. The van der Waals surface area contributed by atoms with Crippen molar-refractivity contribution in [2.75, 3.05) is 34.0 Å². The van der Waals surface area contributed by atoms with Gasteiger partial charge in [-0.05, 0) is 38.0 Å². The van der Waals surface area contributed by atoms with Crippen molar-refractivity contribution in [2.24, 2.45) is 11.1 Å². The Balaban J connectivity index is 2.17. The first kappa shape index (κ1) is 17.6. The normalized spacial score (nSPS) is 18.1. The van der Waals surface area contributed by atoms with Crippen LogP contribution in [0.4, 0.5) is 0 Å². The van der Waals surface area contributed by atoms with Crippen LogP contribution < -0.4 is 20.5 Å². The number of nitrogens with one attached hydrogen (secondary N) is 1. The summed E-state index contributed by atoms with van der Waals surface area (Å²) in [7, 11) is 3.22. The molecule has 0 aliphatic carbocycles. The van der Waals surface area contributed by atoms with Gasteiger partial charge in [-0.25, -0.2) is 0 Å². The number of rotatable bonds is 6. The minimum atomic E-state index is -0.543. The zero-order valence-electron chi connectivity index (χ0n) is 14.1. The summed E-state index contributed by atoms with van der Waals surface area (Å²) in [5.74, 6) is 1.41. The maximum absolute atomic E-state index is 12.8. The molecule has 2 rings (SSSR count). The minimum Gasteiger partial charge on any atom is -0.497 e. The molecule has 23 heavy (non-hydrogen) atoms. The van der Waals surface area contributed by atoms with E-state index in [1.165, 1.54) is 0 Å². The van der Waals surface area contributed by atoms with E-state index >= 15 is 0 Å². The van der Waals surface area contributed by atoms with Crippen LogP contribution in [0.25, 0.3) is 0 Å². The van der Waals surface area contributed by atoms with E-state index in [1.807, 2.05) is 25.1 Å². The summed E-state index contributed by atoms with van der Waals surface area (Å²) in [6, 6.07) is 5.34. The van der Waals surface area contributed by atoms with Gasteiger partial charge < -0.3 is 25.3 Å². The van der Waals surface area contributed by atoms with Gasteiger partial charge in [0, 0.05) is 25.3 Å². The highest BCUT2D eigenvalue weighted by atomic mass is 16.5. The Bertz CT molecular complexity index is 541. The molecule has 1 fully saturated rings. The van der Waals surface area contributed by atoms with Crippen LogP contribution in [-0.2, 0) is 9.53 Å². The van der Waals surface area contributed by atoms with Crippen LogP contribution >= 0.6 is 0 Å². The van der Waals surface area contributed by atoms with Crippen LogP contribution in [0, 0.1) is 5.41 Å². The Morgan fingerprint density at radius 3 is 2.61 bits per heavy atom. The van der Waals surface area contributed by atoms with Crippen molar-refractivity contribution in [1.82, 2.24) is 5.32 Å². The smallest absolute Gasteiger partial charge is 0.228 e. The Labute approximate surface area is 137 Å². The van der Waals surface area contributed by atoms with E-state index in [1.54, 1.807) is 14.2 Å². The lowest BCUT2D eigenvalue weighted by Gasteiger charge is -2.35. The summed E-state index contributed by atoms with van der Waals surface area (Å²) < 4.78 is 16.0. The molecule has 3 N–H and O–H groups in total. The molecular formula is C17H26N2O4. The van der Waals surface area contributed by atoms with Gasteiger partial charge in [0.1, 0.15) is 11.5 Å². The molecule has 0 spiro atoms. The van der Waals surface area contributed by atoms with E-state index in [0.717, 1.165) is 11.3 Å². The maximum Gasteiger partial charge on any atom is 0.228 e.